The van der Waals surface area contributed by atoms with Crippen LogP contribution >= 0.6 is 0 Å². The molecule has 2 N–H and O–H groups in total. The van der Waals surface area contributed by atoms with Gasteiger partial charge in [0.25, 0.3) is 0 Å². The molecule has 0 aliphatic rings. The van der Waals surface area contributed by atoms with Crippen molar-refractivity contribution in [3.8, 4) is 0 Å². The summed E-state index contributed by atoms with van der Waals surface area (Å²) in [7, 11) is 0. The number of hydrogen-bond donors (Lipinski definition) is 1. The third kappa shape index (κ3) is 3.56. The van der Waals surface area contributed by atoms with Crippen molar-refractivity contribution >= 4 is 12.0 Å². The lowest BCUT2D eigenvalue weighted by Crippen LogP contribution is -2.04. The molecule has 80 valence electrons. The zero-order valence-electron chi connectivity index (χ0n) is 8.77. The van der Waals surface area contributed by atoms with Gasteiger partial charge in [0.1, 0.15) is 0 Å². The second-order valence-electron chi connectivity index (χ2n) is 2.98. The van der Waals surface area contributed by atoms with Crippen molar-refractivity contribution in [2.45, 2.75) is 6.92 Å². The van der Waals surface area contributed by atoms with E-state index in [0.29, 0.717) is 18.7 Å². The maximum atomic E-state index is 11.3. The van der Waals surface area contributed by atoms with E-state index in [1.54, 1.807) is 19.1 Å². The van der Waals surface area contributed by atoms with E-state index in [4.69, 9.17) is 10.5 Å². The van der Waals surface area contributed by atoms with E-state index < -0.39 is 0 Å². The normalized spacial score (nSPS) is 10.5. The average Bonchev–Trinajstić information content (AvgIpc) is 2.27. The first kappa shape index (κ1) is 11.5. The molecule has 1 aromatic rings. The van der Waals surface area contributed by atoms with Gasteiger partial charge in [0.2, 0.25) is 0 Å². The van der Waals surface area contributed by atoms with E-state index in [9.17, 15) is 4.79 Å². The molecule has 3 nitrogen and oxygen atoms in total. The highest BCUT2D eigenvalue weighted by molar-refractivity contribution is 5.89. The minimum atomic E-state index is -0.285. The summed E-state index contributed by atoms with van der Waals surface area (Å²) in [6, 6.07) is 7.21. The van der Waals surface area contributed by atoms with E-state index in [2.05, 4.69) is 0 Å². The van der Waals surface area contributed by atoms with Gasteiger partial charge in [0.05, 0.1) is 12.2 Å². The van der Waals surface area contributed by atoms with Crippen molar-refractivity contribution in [2.75, 3.05) is 13.2 Å². The number of ether oxygens (including phenoxy) is 1. The lowest BCUT2D eigenvalue weighted by molar-refractivity contribution is 0.0526. The van der Waals surface area contributed by atoms with Gasteiger partial charge in [-0.3, -0.25) is 0 Å². The third-order valence-corrected chi connectivity index (χ3v) is 1.87. The van der Waals surface area contributed by atoms with Gasteiger partial charge < -0.3 is 10.5 Å². The van der Waals surface area contributed by atoms with Crippen molar-refractivity contribution in [3.05, 3.63) is 41.5 Å². The lowest BCUT2D eigenvalue weighted by Gasteiger charge is -2.01. The monoisotopic (exact) mass is 205 g/mol. The number of nitrogens with two attached hydrogens (primary N) is 1. The molecule has 0 radical (unpaired) electrons. The first-order valence-corrected chi connectivity index (χ1v) is 4.91. The smallest absolute Gasteiger partial charge is 0.338 e. The Morgan fingerprint density at radius 1 is 1.40 bits per heavy atom. The highest BCUT2D eigenvalue weighted by atomic mass is 16.5. The third-order valence-electron chi connectivity index (χ3n) is 1.87. The summed E-state index contributed by atoms with van der Waals surface area (Å²) in [4.78, 5) is 11.3. The minimum absolute atomic E-state index is 0.285. The fourth-order valence-electron chi connectivity index (χ4n) is 1.15. The van der Waals surface area contributed by atoms with Crippen LogP contribution in [-0.2, 0) is 4.74 Å². The van der Waals surface area contributed by atoms with Crippen LogP contribution in [0.1, 0.15) is 22.8 Å². The Kier molecular flexibility index (Phi) is 4.57. The summed E-state index contributed by atoms with van der Waals surface area (Å²) in [6.07, 6.45) is 3.77. The Bertz CT molecular complexity index is 341. The van der Waals surface area contributed by atoms with Gasteiger partial charge in [0, 0.05) is 6.54 Å². The Morgan fingerprint density at radius 2 is 2.07 bits per heavy atom. The number of esters is 1. The van der Waals surface area contributed by atoms with Crippen molar-refractivity contribution in [1.82, 2.24) is 0 Å². The Hall–Kier alpha value is -1.61. The molecule has 0 heterocycles. The maximum Gasteiger partial charge on any atom is 0.338 e. The molecule has 0 spiro atoms. The van der Waals surface area contributed by atoms with Crippen LogP contribution in [-0.4, -0.2) is 19.1 Å². The lowest BCUT2D eigenvalue weighted by atomic mass is 10.1. The van der Waals surface area contributed by atoms with Crippen LogP contribution in [0.15, 0.2) is 30.3 Å². The number of benzene rings is 1. The van der Waals surface area contributed by atoms with Crippen LogP contribution in [0, 0.1) is 0 Å². The standard InChI is InChI=1S/C12H15NO2/c1-2-15-12(14)11-7-5-10(6-8-11)4-3-9-13/h3-8H,2,9,13H2,1H3. The van der Waals surface area contributed by atoms with E-state index in [1.807, 2.05) is 24.3 Å². The fraction of sp³-hybridized carbons (Fsp3) is 0.250. The predicted octanol–water partition coefficient (Wildman–Crippen LogP) is 1.84. The number of rotatable bonds is 4. The second-order valence-corrected chi connectivity index (χ2v) is 2.98. The van der Waals surface area contributed by atoms with Crippen LogP contribution in [0.3, 0.4) is 0 Å². The van der Waals surface area contributed by atoms with E-state index >= 15 is 0 Å². The van der Waals surface area contributed by atoms with Gasteiger partial charge in [-0.15, -0.1) is 0 Å². The molecule has 0 aliphatic carbocycles. The zero-order valence-corrected chi connectivity index (χ0v) is 8.77. The highest BCUT2D eigenvalue weighted by Crippen LogP contribution is 2.07. The number of carbonyl (C=O) groups excluding carboxylic acids is 1. The molecular formula is C12H15NO2. The zero-order chi connectivity index (χ0) is 11.1. The molecule has 15 heavy (non-hydrogen) atoms. The topological polar surface area (TPSA) is 52.3 Å². The largest absolute Gasteiger partial charge is 0.462 e. The molecule has 0 bridgehead atoms. The summed E-state index contributed by atoms with van der Waals surface area (Å²) >= 11 is 0. The highest BCUT2D eigenvalue weighted by Gasteiger charge is 2.04. The van der Waals surface area contributed by atoms with Crippen LogP contribution in [0.4, 0.5) is 0 Å². The SMILES string of the molecule is CCOC(=O)c1ccc(C=CCN)cc1. The molecule has 1 aromatic carbocycles. The number of carbonyl (C=O) groups is 1. The molecule has 1 rings (SSSR count). The van der Waals surface area contributed by atoms with Crippen molar-refractivity contribution in [2.24, 2.45) is 5.73 Å². The molecule has 0 aliphatic heterocycles. The quantitative estimate of drug-likeness (QED) is 0.763. The maximum absolute atomic E-state index is 11.3. The summed E-state index contributed by atoms with van der Waals surface area (Å²) in [5.41, 5.74) is 6.93. The summed E-state index contributed by atoms with van der Waals surface area (Å²) in [6.45, 7) is 2.70. The van der Waals surface area contributed by atoms with Crippen LogP contribution < -0.4 is 5.73 Å². The van der Waals surface area contributed by atoms with Gasteiger partial charge in [-0.1, -0.05) is 24.3 Å². The van der Waals surface area contributed by atoms with E-state index in [1.165, 1.54) is 0 Å². The first-order chi connectivity index (χ1) is 7.27. The molecule has 0 unspecified atom stereocenters. The van der Waals surface area contributed by atoms with Gasteiger partial charge in [-0.25, -0.2) is 4.79 Å². The average molecular weight is 205 g/mol. The summed E-state index contributed by atoms with van der Waals surface area (Å²) in [5, 5.41) is 0. The second kappa shape index (κ2) is 5.98. The molecule has 0 amide bonds. The van der Waals surface area contributed by atoms with Crippen molar-refractivity contribution in [1.29, 1.82) is 0 Å². The van der Waals surface area contributed by atoms with Crippen LogP contribution in [0.2, 0.25) is 0 Å². The number of hydrogen-bond acceptors (Lipinski definition) is 3. The molecule has 0 aromatic heterocycles. The van der Waals surface area contributed by atoms with Crippen LogP contribution in [0.25, 0.3) is 6.08 Å². The van der Waals surface area contributed by atoms with Gasteiger partial charge in [-0.05, 0) is 24.6 Å². The summed E-state index contributed by atoms with van der Waals surface area (Å²) < 4.78 is 4.87. The molecule has 3 heteroatoms. The Balaban J connectivity index is 2.71. The Labute approximate surface area is 89.5 Å². The molecular weight excluding hydrogens is 190 g/mol. The molecule has 0 fully saturated rings. The molecule has 0 saturated heterocycles. The summed E-state index contributed by atoms with van der Waals surface area (Å²) in [5.74, 6) is -0.285. The molecule has 0 atom stereocenters. The minimum Gasteiger partial charge on any atom is -0.462 e. The Morgan fingerprint density at radius 3 is 2.60 bits per heavy atom. The predicted molar refractivity (Wildman–Crippen MR) is 60.5 cm³/mol. The van der Waals surface area contributed by atoms with Gasteiger partial charge in [-0.2, -0.15) is 0 Å². The van der Waals surface area contributed by atoms with Gasteiger partial charge >= 0.3 is 5.97 Å². The fourth-order valence-corrected chi connectivity index (χ4v) is 1.15. The first-order valence-electron chi connectivity index (χ1n) is 4.91. The molecule has 0 saturated carbocycles. The van der Waals surface area contributed by atoms with Crippen molar-refractivity contribution in [3.63, 3.8) is 0 Å². The van der Waals surface area contributed by atoms with Crippen molar-refractivity contribution < 1.29 is 9.53 Å². The van der Waals surface area contributed by atoms with Gasteiger partial charge in [0.15, 0.2) is 0 Å². The van der Waals surface area contributed by atoms with E-state index in [0.717, 1.165) is 5.56 Å². The van der Waals surface area contributed by atoms with Crippen LogP contribution in [0.5, 0.6) is 0 Å². The van der Waals surface area contributed by atoms with E-state index in [-0.39, 0.29) is 5.97 Å².